The molecule has 0 spiro atoms. The van der Waals surface area contributed by atoms with Gasteiger partial charge in [-0.2, -0.15) is 0 Å². The second-order valence-corrected chi connectivity index (χ2v) is 5.80. The van der Waals surface area contributed by atoms with Crippen LogP contribution in [0.2, 0.25) is 0 Å². The van der Waals surface area contributed by atoms with Gasteiger partial charge in [0.2, 0.25) is 0 Å². The first kappa shape index (κ1) is 15.6. The van der Waals surface area contributed by atoms with Crippen molar-refractivity contribution in [1.82, 2.24) is 0 Å². The number of rotatable bonds is 5. The van der Waals surface area contributed by atoms with Gasteiger partial charge in [0, 0.05) is 6.08 Å². The standard InChI is InChI=1S/C17H15IO3/c1-12-2-4-14(5-3-12)11-21-16-8-6-13(10-15(16)18)7-9-17(19)20/h2-10H,11H2,1H3,(H,19,20)/b9-7+. The molecule has 0 heterocycles. The Balaban J connectivity index is 2.04. The normalized spacial score (nSPS) is 10.8. The molecule has 2 aromatic rings. The SMILES string of the molecule is Cc1ccc(COc2ccc(/C=C/C(=O)O)cc2I)cc1. The van der Waals surface area contributed by atoms with Crippen molar-refractivity contribution in [3.8, 4) is 5.75 Å². The molecule has 1 N–H and O–H groups in total. The molecule has 0 saturated carbocycles. The zero-order valence-electron chi connectivity index (χ0n) is 11.5. The van der Waals surface area contributed by atoms with Crippen molar-refractivity contribution >= 4 is 34.6 Å². The molecule has 0 radical (unpaired) electrons. The molecule has 2 aromatic carbocycles. The van der Waals surface area contributed by atoms with E-state index in [9.17, 15) is 4.79 Å². The van der Waals surface area contributed by atoms with E-state index >= 15 is 0 Å². The van der Waals surface area contributed by atoms with Crippen LogP contribution in [0.3, 0.4) is 0 Å². The lowest BCUT2D eigenvalue weighted by molar-refractivity contribution is -0.131. The first-order valence-corrected chi connectivity index (χ1v) is 7.51. The van der Waals surface area contributed by atoms with Gasteiger partial charge in [-0.3, -0.25) is 0 Å². The molecule has 0 unspecified atom stereocenters. The molecule has 3 nitrogen and oxygen atoms in total. The lowest BCUT2D eigenvalue weighted by Crippen LogP contribution is -1.97. The molecular formula is C17H15IO3. The number of carboxylic acids is 1. The Morgan fingerprint density at radius 1 is 1.24 bits per heavy atom. The molecule has 0 saturated heterocycles. The Kier molecular flexibility index (Phi) is 5.38. The number of halogens is 1. The van der Waals surface area contributed by atoms with Crippen LogP contribution in [0.15, 0.2) is 48.5 Å². The van der Waals surface area contributed by atoms with Crippen LogP contribution in [-0.4, -0.2) is 11.1 Å². The van der Waals surface area contributed by atoms with Crippen molar-refractivity contribution in [1.29, 1.82) is 0 Å². The summed E-state index contributed by atoms with van der Waals surface area (Å²) in [6, 6.07) is 13.8. The highest BCUT2D eigenvalue weighted by Crippen LogP contribution is 2.23. The maximum Gasteiger partial charge on any atom is 0.328 e. The molecule has 4 heteroatoms. The minimum absolute atomic E-state index is 0.514. The molecule has 0 aromatic heterocycles. The van der Waals surface area contributed by atoms with E-state index in [2.05, 4.69) is 41.6 Å². The summed E-state index contributed by atoms with van der Waals surface area (Å²) >= 11 is 2.18. The summed E-state index contributed by atoms with van der Waals surface area (Å²) < 4.78 is 6.75. The summed E-state index contributed by atoms with van der Waals surface area (Å²) in [6.07, 6.45) is 2.69. The van der Waals surface area contributed by atoms with Crippen molar-refractivity contribution in [3.63, 3.8) is 0 Å². The predicted molar refractivity (Wildman–Crippen MR) is 91.3 cm³/mol. The summed E-state index contributed by atoms with van der Waals surface area (Å²) in [6.45, 7) is 2.57. The molecule has 0 atom stereocenters. The highest BCUT2D eigenvalue weighted by Gasteiger charge is 2.02. The Hall–Kier alpha value is -1.82. The summed E-state index contributed by atoms with van der Waals surface area (Å²) in [5.41, 5.74) is 3.18. The average molecular weight is 394 g/mol. The van der Waals surface area contributed by atoms with Gasteiger partial charge in [0.15, 0.2) is 0 Å². The number of hydrogen-bond acceptors (Lipinski definition) is 2. The molecule has 108 valence electrons. The zero-order valence-corrected chi connectivity index (χ0v) is 13.7. The third kappa shape index (κ3) is 4.90. The maximum atomic E-state index is 10.5. The van der Waals surface area contributed by atoms with Gasteiger partial charge in [-0.1, -0.05) is 35.9 Å². The molecule has 0 fully saturated rings. The highest BCUT2D eigenvalue weighted by molar-refractivity contribution is 14.1. The van der Waals surface area contributed by atoms with Gasteiger partial charge in [0.1, 0.15) is 12.4 Å². The van der Waals surface area contributed by atoms with E-state index in [0.717, 1.165) is 26.5 Å². The third-order valence-corrected chi connectivity index (χ3v) is 3.73. The first-order chi connectivity index (χ1) is 10.0. The van der Waals surface area contributed by atoms with Crippen molar-refractivity contribution in [2.75, 3.05) is 0 Å². The highest BCUT2D eigenvalue weighted by atomic mass is 127. The number of carbonyl (C=O) groups is 1. The van der Waals surface area contributed by atoms with Crippen LogP contribution < -0.4 is 4.74 Å². The molecular weight excluding hydrogens is 379 g/mol. The van der Waals surface area contributed by atoms with Crippen LogP contribution >= 0.6 is 22.6 Å². The maximum absolute atomic E-state index is 10.5. The van der Waals surface area contributed by atoms with Crippen molar-refractivity contribution in [2.24, 2.45) is 0 Å². The second kappa shape index (κ2) is 7.26. The average Bonchev–Trinajstić information content (AvgIpc) is 2.46. The lowest BCUT2D eigenvalue weighted by Gasteiger charge is -2.09. The summed E-state index contributed by atoms with van der Waals surface area (Å²) in [5.74, 6) is -0.159. The van der Waals surface area contributed by atoms with Crippen molar-refractivity contribution in [2.45, 2.75) is 13.5 Å². The fourth-order valence-electron chi connectivity index (χ4n) is 1.75. The molecule has 2 rings (SSSR count). The van der Waals surface area contributed by atoms with E-state index < -0.39 is 5.97 Å². The smallest absolute Gasteiger partial charge is 0.328 e. The molecule has 0 amide bonds. The van der Waals surface area contributed by atoms with E-state index in [1.165, 1.54) is 5.56 Å². The zero-order chi connectivity index (χ0) is 15.2. The van der Waals surface area contributed by atoms with Gasteiger partial charge < -0.3 is 9.84 Å². The first-order valence-electron chi connectivity index (χ1n) is 6.43. The molecule has 0 aliphatic rings. The van der Waals surface area contributed by atoms with Crippen molar-refractivity contribution in [3.05, 3.63) is 68.8 Å². The number of aliphatic carboxylic acids is 1. The predicted octanol–water partition coefficient (Wildman–Crippen LogP) is 4.28. The number of carboxylic acid groups (broad SMARTS) is 1. The molecule has 0 aliphatic heterocycles. The van der Waals surface area contributed by atoms with Crippen molar-refractivity contribution < 1.29 is 14.6 Å². The van der Waals surface area contributed by atoms with Crippen LogP contribution in [0, 0.1) is 10.5 Å². The van der Waals surface area contributed by atoms with Gasteiger partial charge in [-0.15, -0.1) is 0 Å². The van der Waals surface area contributed by atoms with Crippen LogP contribution in [0.1, 0.15) is 16.7 Å². The fourth-order valence-corrected chi connectivity index (χ4v) is 2.45. The fraction of sp³-hybridized carbons (Fsp3) is 0.118. The second-order valence-electron chi connectivity index (χ2n) is 4.64. The minimum atomic E-state index is -0.954. The third-order valence-electron chi connectivity index (χ3n) is 2.89. The van der Waals surface area contributed by atoms with Gasteiger partial charge in [-0.25, -0.2) is 4.79 Å². The number of benzene rings is 2. The van der Waals surface area contributed by atoms with Crippen LogP contribution in [0.25, 0.3) is 6.08 Å². The van der Waals surface area contributed by atoms with E-state index in [4.69, 9.17) is 9.84 Å². The lowest BCUT2D eigenvalue weighted by atomic mass is 10.2. The molecule has 0 aliphatic carbocycles. The topological polar surface area (TPSA) is 46.5 Å². The summed E-state index contributed by atoms with van der Waals surface area (Å²) in [4.78, 5) is 10.5. The van der Waals surface area contributed by atoms with E-state index in [1.807, 2.05) is 30.3 Å². The number of ether oxygens (including phenoxy) is 1. The Labute approximate surface area is 137 Å². The largest absolute Gasteiger partial charge is 0.488 e. The Morgan fingerprint density at radius 3 is 2.57 bits per heavy atom. The van der Waals surface area contributed by atoms with Gasteiger partial charge >= 0.3 is 5.97 Å². The van der Waals surface area contributed by atoms with Gasteiger partial charge in [-0.05, 0) is 58.9 Å². The number of hydrogen-bond donors (Lipinski definition) is 1. The Bertz CT molecular complexity index is 660. The van der Waals surface area contributed by atoms with Gasteiger partial charge in [0.05, 0.1) is 3.57 Å². The summed E-state index contributed by atoms with van der Waals surface area (Å²) in [5, 5.41) is 8.62. The van der Waals surface area contributed by atoms with Gasteiger partial charge in [0.25, 0.3) is 0 Å². The quantitative estimate of drug-likeness (QED) is 0.609. The van der Waals surface area contributed by atoms with Crippen LogP contribution in [-0.2, 0) is 11.4 Å². The van der Waals surface area contributed by atoms with E-state index in [1.54, 1.807) is 6.08 Å². The minimum Gasteiger partial charge on any atom is -0.488 e. The molecule has 0 bridgehead atoms. The van der Waals surface area contributed by atoms with Crippen LogP contribution in [0.5, 0.6) is 5.75 Å². The van der Waals surface area contributed by atoms with E-state index in [-0.39, 0.29) is 0 Å². The Morgan fingerprint density at radius 2 is 1.95 bits per heavy atom. The monoisotopic (exact) mass is 394 g/mol. The van der Waals surface area contributed by atoms with Crippen LogP contribution in [0.4, 0.5) is 0 Å². The van der Waals surface area contributed by atoms with E-state index in [0.29, 0.717) is 6.61 Å². The number of aryl methyl sites for hydroxylation is 1. The molecule has 21 heavy (non-hydrogen) atoms. The summed E-state index contributed by atoms with van der Waals surface area (Å²) in [7, 11) is 0.